The summed E-state index contributed by atoms with van der Waals surface area (Å²) in [5.74, 6) is 3.28. The van der Waals surface area contributed by atoms with Crippen LogP contribution in [0, 0.1) is 18.8 Å². The number of nitrogens with zero attached hydrogens (tertiary/aromatic N) is 4. The van der Waals surface area contributed by atoms with E-state index in [1.807, 2.05) is 6.92 Å². The average molecular weight is 342 g/mol. The van der Waals surface area contributed by atoms with Gasteiger partial charge < -0.3 is 9.88 Å². The summed E-state index contributed by atoms with van der Waals surface area (Å²) in [6, 6.07) is 11.3. The van der Waals surface area contributed by atoms with Gasteiger partial charge in [0.1, 0.15) is 11.6 Å². The fraction of sp³-hybridized carbons (Fsp3) is 0.600. The summed E-state index contributed by atoms with van der Waals surface area (Å²) in [7, 11) is 0. The normalized spacial score (nSPS) is 24.6. The first kappa shape index (κ1) is 18.1. The summed E-state index contributed by atoms with van der Waals surface area (Å²) >= 11 is 0. The quantitative estimate of drug-likeness (QED) is 0.878. The van der Waals surface area contributed by atoms with Crippen molar-refractivity contribution < 1.29 is 0 Å². The number of hydrogen-bond donors (Lipinski definition) is 1. The van der Waals surface area contributed by atoms with Gasteiger partial charge in [-0.3, -0.25) is 4.90 Å². The fourth-order valence-electron chi connectivity index (χ4n) is 4.23. The van der Waals surface area contributed by atoms with Gasteiger partial charge in [-0.05, 0) is 31.2 Å². The van der Waals surface area contributed by atoms with E-state index in [4.69, 9.17) is 0 Å². The average Bonchev–Trinajstić information content (AvgIpc) is 2.95. The number of rotatable bonds is 6. The van der Waals surface area contributed by atoms with Crippen LogP contribution in [0.25, 0.3) is 0 Å². The monoisotopic (exact) mass is 341 g/mol. The molecule has 1 aromatic heterocycles. The maximum atomic E-state index is 4.33. The first-order chi connectivity index (χ1) is 12.1. The lowest BCUT2D eigenvalue weighted by atomic mass is 9.85. The second-order valence-corrected chi connectivity index (χ2v) is 7.45. The van der Waals surface area contributed by atoms with Gasteiger partial charge in [-0.15, -0.1) is 10.2 Å². The van der Waals surface area contributed by atoms with E-state index >= 15 is 0 Å². The van der Waals surface area contributed by atoms with Crippen molar-refractivity contribution in [2.24, 2.45) is 11.8 Å². The molecule has 3 atom stereocenters. The highest BCUT2D eigenvalue weighted by Crippen LogP contribution is 2.24. The van der Waals surface area contributed by atoms with E-state index in [0.29, 0.717) is 17.9 Å². The van der Waals surface area contributed by atoms with Crippen molar-refractivity contribution in [2.75, 3.05) is 13.1 Å². The Morgan fingerprint density at radius 1 is 1.08 bits per heavy atom. The van der Waals surface area contributed by atoms with Crippen LogP contribution in [-0.4, -0.2) is 38.8 Å². The number of nitrogens with one attached hydrogen (secondary N) is 1. The summed E-state index contributed by atoms with van der Waals surface area (Å²) in [4.78, 5) is 2.58. The molecule has 1 N–H and O–H groups in total. The number of aromatic nitrogens is 3. The van der Waals surface area contributed by atoms with Crippen molar-refractivity contribution in [3.63, 3.8) is 0 Å². The number of aryl methyl sites for hydroxylation is 1. The topological polar surface area (TPSA) is 46.0 Å². The molecule has 0 saturated carbocycles. The van der Waals surface area contributed by atoms with Crippen LogP contribution in [0.15, 0.2) is 30.3 Å². The van der Waals surface area contributed by atoms with E-state index < -0.39 is 0 Å². The summed E-state index contributed by atoms with van der Waals surface area (Å²) in [5.41, 5.74) is 1.40. The molecule has 1 aromatic carbocycles. The molecule has 0 aliphatic carbocycles. The molecule has 1 saturated heterocycles. The molecule has 5 nitrogen and oxygen atoms in total. The van der Waals surface area contributed by atoms with Crippen molar-refractivity contribution in [3.05, 3.63) is 47.5 Å². The predicted octanol–water partition coefficient (Wildman–Crippen LogP) is 2.85. The van der Waals surface area contributed by atoms with Crippen LogP contribution in [0.3, 0.4) is 0 Å². The Morgan fingerprint density at radius 3 is 2.40 bits per heavy atom. The van der Waals surface area contributed by atoms with Gasteiger partial charge in [0.25, 0.3) is 0 Å². The zero-order valence-corrected chi connectivity index (χ0v) is 15.9. The molecule has 0 spiro atoms. The van der Waals surface area contributed by atoms with E-state index in [2.05, 4.69) is 76.1 Å². The van der Waals surface area contributed by atoms with E-state index in [9.17, 15) is 0 Å². The highest BCUT2D eigenvalue weighted by molar-refractivity contribution is 5.14. The number of hydrogen-bond acceptors (Lipinski definition) is 4. The minimum absolute atomic E-state index is 0.523. The Hall–Kier alpha value is -1.72. The third-order valence-corrected chi connectivity index (χ3v) is 5.39. The molecule has 0 radical (unpaired) electrons. The standard InChI is InChI=1S/C20H31N5/c1-5-25-17(4)22-23-19(25)11-21-20-15(2)12-24(13-16(20)3)14-18-9-7-6-8-10-18/h6-10,15-16,20-21H,5,11-14H2,1-4H3/t15-,16+,20?. The molecule has 2 heterocycles. The van der Waals surface area contributed by atoms with Crippen molar-refractivity contribution in [3.8, 4) is 0 Å². The Kier molecular flexibility index (Phi) is 5.86. The smallest absolute Gasteiger partial charge is 0.146 e. The van der Waals surface area contributed by atoms with Crippen LogP contribution in [0.5, 0.6) is 0 Å². The van der Waals surface area contributed by atoms with Crippen LogP contribution < -0.4 is 5.32 Å². The number of piperidine rings is 1. The van der Waals surface area contributed by atoms with Crippen molar-refractivity contribution in [2.45, 2.75) is 53.4 Å². The van der Waals surface area contributed by atoms with E-state index in [-0.39, 0.29) is 0 Å². The minimum atomic E-state index is 0.523. The first-order valence-electron chi connectivity index (χ1n) is 9.46. The molecule has 3 rings (SSSR count). The van der Waals surface area contributed by atoms with Crippen LogP contribution in [0.4, 0.5) is 0 Å². The van der Waals surface area contributed by atoms with E-state index in [1.165, 1.54) is 5.56 Å². The zero-order chi connectivity index (χ0) is 17.8. The lowest BCUT2D eigenvalue weighted by molar-refractivity contribution is 0.0934. The molecule has 1 aliphatic rings. The maximum absolute atomic E-state index is 4.33. The number of benzene rings is 1. The van der Waals surface area contributed by atoms with Gasteiger partial charge in [0.05, 0.1) is 6.54 Å². The lowest BCUT2D eigenvalue weighted by Gasteiger charge is -2.42. The van der Waals surface area contributed by atoms with Gasteiger partial charge in [-0.25, -0.2) is 0 Å². The molecule has 2 aromatic rings. The third kappa shape index (κ3) is 4.28. The van der Waals surface area contributed by atoms with Gasteiger partial charge in [0.15, 0.2) is 0 Å². The highest BCUT2D eigenvalue weighted by atomic mass is 15.3. The largest absolute Gasteiger partial charge is 0.314 e. The summed E-state index contributed by atoms with van der Waals surface area (Å²) in [5, 5.41) is 12.3. The van der Waals surface area contributed by atoms with Gasteiger partial charge in [-0.2, -0.15) is 0 Å². The van der Waals surface area contributed by atoms with Gasteiger partial charge in [0, 0.05) is 32.2 Å². The Bertz CT molecular complexity index is 654. The molecular formula is C20H31N5. The van der Waals surface area contributed by atoms with Crippen LogP contribution in [-0.2, 0) is 19.6 Å². The first-order valence-corrected chi connectivity index (χ1v) is 9.46. The van der Waals surface area contributed by atoms with Crippen molar-refractivity contribution >= 4 is 0 Å². The fourth-order valence-corrected chi connectivity index (χ4v) is 4.23. The van der Waals surface area contributed by atoms with Crippen molar-refractivity contribution in [1.82, 2.24) is 25.0 Å². The minimum Gasteiger partial charge on any atom is -0.314 e. The molecule has 1 fully saturated rings. The second-order valence-electron chi connectivity index (χ2n) is 7.45. The summed E-state index contributed by atoms with van der Waals surface area (Å²) < 4.78 is 2.19. The molecule has 25 heavy (non-hydrogen) atoms. The Balaban J connectivity index is 1.57. The van der Waals surface area contributed by atoms with E-state index in [0.717, 1.165) is 44.4 Å². The van der Waals surface area contributed by atoms with Crippen molar-refractivity contribution in [1.29, 1.82) is 0 Å². The van der Waals surface area contributed by atoms with Crippen LogP contribution >= 0.6 is 0 Å². The lowest BCUT2D eigenvalue weighted by Crippen LogP contribution is -2.53. The molecular weight excluding hydrogens is 310 g/mol. The maximum Gasteiger partial charge on any atom is 0.146 e. The van der Waals surface area contributed by atoms with Gasteiger partial charge in [0.2, 0.25) is 0 Å². The summed E-state index contributed by atoms with van der Waals surface area (Å²) in [6.07, 6.45) is 0. The Labute approximate surface area is 151 Å². The zero-order valence-electron chi connectivity index (χ0n) is 15.9. The second kappa shape index (κ2) is 8.11. The summed E-state index contributed by atoms with van der Waals surface area (Å²) in [6.45, 7) is 13.9. The Morgan fingerprint density at radius 2 is 1.76 bits per heavy atom. The molecule has 1 unspecified atom stereocenters. The van der Waals surface area contributed by atoms with Crippen LogP contribution in [0.1, 0.15) is 38.0 Å². The van der Waals surface area contributed by atoms with Crippen LogP contribution in [0.2, 0.25) is 0 Å². The molecule has 0 bridgehead atoms. The highest BCUT2D eigenvalue weighted by Gasteiger charge is 2.31. The van der Waals surface area contributed by atoms with Gasteiger partial charge >= 0.3 is 0 Å². The SMILES string of the molecule is CCn1c(C)nnc1CNC1[C@H](C)CN(Cc2ccccc2)C[C@@H]1C. The molecule has 136 valence electrons. The molecule has 5 heteroatoms. The number of likely N-dealkylation sites (tertiary alicyclic amines) is 1. The molecule has 1 aliphatic heterocycles. The molecule has 0 amide bonds. The third-order valence-electron chi connectivity index (χ3n) is 5.39. The van der Waals surface area contributed by atoms with Gasteiger partial charge in [-0.1, -0.05) is 44.2 Å². The van der Waals surface area contributed by atoms with E-state index in [1.54, 1.807) is 0 Å². The predicted molar refractivity (Wildman–Crippen MR) is 101 cm³/mol.